The topological polar surface area (TPSA) is 74.1 Å². The summed E-state index contributed by atoms with van der Waals surface area (Å²) in [6, 6.07) is 3.09. The van der Waals surface area contributed by atoms with Gasteiger partial charge in [0.05, 0.1) is 13.2 Å². The largest absolute Gasteiger partial charge is 0.483 e. The van der Waals surface area contributed by atoms with Gasteiger partial charge in [0, 0.05) is 13.1 Å². The van der Waals surface area contributed by atoms with Gasteiger partial charge in [-0.25, -0.2) is 4.39 Å². The van der Waals surface area contributed by atoms with Crippen LogP contribution in [0.1, 0.15) is 12.5 Å². The van der Waals surface area contributed by atoms with Crippen molar-refractivity contribution in [1.82, 2.24) is 20.2 Å². The Morgan fingerprint density at radius 3 is 2.90 bits per heavy atom. The van der Waals surface area contributed by atoms with Crippen LogP contribution in [0.4, 0.5) is 10.3 Å². The number of tetrazole rings is 1. The zero-order chi connectivity index (χ0) is 14.8. The van der Waals surface area contributed by atoms with Gasteiger partial charge in [-0.05, 0) is 28.5 Å². The molecule has 1 aliphatic rings. The Kier molecular flexibility index (Phi) is 3.70. The van der Waals surface area contributed by atoms with Crippen molar-refractivity contribution in [2.45, 2.75) is 19.4 Å². The van der Waals surface area contributed by atoms with E-state index in [2.05, 4.69) is 20.8 Å². The van der Waals surface area contributed by atoms with Gasteiger partial charge in [0.2, 0.25) is 5.95 Å². The van der Waals surface area contributed by atoms with Gasteiger partial charge < -0.3 is 14.8 Å². The first-order chi connectivity index (χ1) is 10.2. The van der Waals surface area contributed by atoms with E-state index < -0.39 is 0 Å². The molecule has 21 heavy (non-hydrogen) atoms. The first kappa shape index (κ1) is 13.7. The number of nitrogens with zero attached hydrogens (tertiary/aromatic N) is 4. The summed E-state index contributed by atoms with van der Waals surface area (Å²) in [6.45, 7) is 2.90. The van der Waals surface area contributed by atoms with Crippen LogP contribution in [0.3, 0.4) is 0 Å². The fraction of sp³-hybridized carbons (Fsp3) is 0.462. The number of rotatable bonds is 5. The highest BCUT2D eigenvalue weighted by Crippen LogP contribution is 2.29. The number of halogens is 1. The number of aromatic nitrogens is 4. The Balaban J connectivity index is 2.06. The molecule has 1 aromatic carbocycles. The predicted molar refractivity (Wildman–Crippen MR) is 73.3 cm³/mol. The lowest BCUT2D eigenvalue weighted by molar-refractivity contribution is -0.0797. The van der Waals surface area contributed by atoms with Gasteiger partial charge in [-0.3, -0.25) is 0 Å². The molecule has 0 unspecified atom stereocenters. The number of hydrogen-bond acceptors (Lipinski definition) is 6. The van der Waals surface area contributed by atoms with Gasteiger partial charge in [0.25, 0.3) is 0 Å². The average molecular weight is 293 g/mol. The first-order valence-corrected chi connectivity index (χ1v) is 6.76. The lowest BCUT2D eigenvalue weighted by Gasteiger charge is -2.27. The molecule has 0 amide bonds. The lowest BCUT2D eigenvalue weighted by Crippen LogP contribution is -2.38. The monoisotopic (exact) mass is 293 g/mol. The molecule has 112 valence electrons. The molecule has 0 spiro atoms. The van der Waals surface area contributed by atoms with E-state index in [0.717, 1.165) is 0 Å². The molecule has 0 aliphatic carbocycles. The first-order valence-electron chi connectivity index (χ1n) is 6.76. The molecule has 2 heterocycles. The van der Waals surface area contributed by atoms with Crippen LogP contribution >= 0.6 is 0 Å². The van der Waals surface area contributed by atoms with Crippen molar-refractivity contribution in [2.24, 2.45) is 0 Å². The molecular weight excluding hydrogens is 277 g/mol. The molecule has 3 rings (SSSR count). The van der Waals surface area contributed by atoms with Gasteiger partial charge in [-0.1, -0.05) is 12.0 Å². The maximum Gasteiger partial charge on any atom is 0.247 e. The second-order valence-electron chi connectivity index (χ2n) is 4.71. The fourth-order valence-corrected chi connectivity index (χ4v) is 2.08. The second-order valence-corrected chi connectivity index (χ2v) is 4.71. The van der Waals surface area contributed by atoms with Gasteiger partial charge in [0.1, 0.15) is 23.4 Å². The van der Waals surface area contributed by atoms with E-state index in [9.17, 15) is 4.39 Å². The molecule has 1 N–H and O–H groups in total. The minimum absolute atomic E-state index is 0.0647. The van der Waals surface area contributed by atoms with E-state index in [-0.39, 0.29) is 11.9 Å². The minimum Gasteiger partial charge on any atom is -0.483 e. The molecule has 8 heteroatoms. The summed E-state index contributed by atoms with van der Waals surface area (Å²) >= 11 is 0. The van der Waals surface area contributed by atoms with Gasteiger partial charge in [-0.15, -0.1) is 0 Å². The van der Waals surface area contributed by atoms with Crippen LogP contribution in [0.15, 0.2) is 12.1 Å². The Morgan fingerprint density at radius 1 is 1.48 bits per heavy atom. The van der Waals surface area contributed by atoms with Crippen LogP contribution in [0.5, 0.6) is 5.75 Å². The summed E-state index contributed by atoms with van der Waals surface area (Å²) in [5.74, 6) is 0.566. The van der Waals surface area contributed by atoms with Crippen molar-refractivity contribution in [3.63, 3.8) is 0 Å². The Bertz CT molecular complexity index is 641. The number of aryl methyl sites for hydroxylation is 1. The third kappa shape index (κ3) is 2.54. The minimum atomic E-state index is -0.296. The molecule has 0 atom stereocenters. The van der Waals surface area contributed by atoms with E-state index >= 15 is 0 Å². The molecule has 7 nitrogen and oxygen atoms in total. The number of hydrogen-bond donors (Lipinski definition) is 1. The Labute approximate surface area is 121 Å². The van der Waals surface area contributed by atoms with Gasteiger partial charge in [0.15, 0.2) is 0 Å². The highest BCUT2D eigenvalue weighted by atomic mass is 19.1. The second kappa shape index (κ2) is 5.65. The van der Waals surface area contributed by atoms with E-state index in [4.69, 9.17) is 9.47 Å². The van der Waals surface area contributed by atoms with E-state index in [0.29, 0.717) is 42.6 Å². The summed E-state index contributed by atoms with van der Waals surface area (Å²) in [5.41, 5.74) is 1.19. The Morgan fingerprint density at radius 2 is 2.29 bits per heavy atom. The van der Waals surface area contributed by atoms with Crippen molar-refractivity contribution in [3.05, 3.63) is 23.5 Å². The van der Waals surface area contributed by atoms with Gasteiger partial charge in [-0.2, -0.15) is 4.68 Å². The zero-order valence-electron chi connectivity index (χ0n) is 11.8. The quantitative estimate of drug-likeness (QED) is 0.892. The molecule has 2 aromatic rings. The van der Waals surface area contributed by atoms with Crippen LogP contribution < -0.4 is 10.1 Å². The summed E-state index contributed by atoms with van der Waals surface area (Å²) < 4.78 is 26.4. The number of benzene rings is 1. The number of ether oxygens (including phenoxy) is 2. The van der Waals surface area contributed by atoms with Crippen molar-refractivity contribution < 1.29 is 13.9 Å². The average Bonchev–Trinajstić information content (AvgIpc) is 2.91. The third-order valence-electron chi connectivity index (χ3n) is 3.33. The number of nitrogens with one attached hydrogen (secondary N) is 1. The van der Waals surface area contributed by atoms with Crippen molar-refractivity contribution in [3.8, 4) is 11.4 Å². The highest BCUT2D eigenvalue weighted by Gasteiger charge is 2.24. The standard InChI is InChI=1S/C13H16FN5O2/c1-3-8-4-11(19-13(15-2)16-17-18-19)12(5-10(8)14)21-9-6-20-7-9/h4-5,9H,3,6-7H2,1-2H3,(H,15,16,18). The normalized spacial score (nSPS) is 14.8. The van der Waals surface area contributed by atoms with Crippen molar-refractivity contribution in [2.75, 3.05) is 25.6 Å². The van der Waals surface area contributed by atoms with Crippen LogP contribution in [-0.4, -0.2) is 46.6 Å². The molecule has 0 radical (unpaired) electrons. The maximum absolute atomic E-state index is 14.0. The van der Waals surface area contributed by atoms with Gasteiger partial charge >= 0.3 is 0 Å². The Hall–Kier alpha value is -2.22. The van der Waals surface area contributed by atoms with E-state index in [1.54, 1.807) is 13.1 Å². The maximum atomic E-state index is 14.0. The molecule has 1 aromatic heterocycles. The van der Waals surface area contributed by atoms with Crippen LogP contribution in [0.2, 0.25) is 0 Å². The van der Waals surface area contributed by atoms with Crippen LogP contribution in [-0.2, 0) is 11.2 Å². The molecule has 0 saturated carbocycles. The predicted octanol–water partition coefficient (Wildman–Crippen LogP) is 1.18. The number of anilines is 1. The molecule has 1 saturated heterocycles. The fourth-order valence-electron chi connectivity index (χ4n) is 2.08. The molecule has 1 fully saturated rings. The summed E-state index contributed by atoms with van der Waals surface area (Å²) in [6.07, 6.45) is 0.507. The molecule has 0 bridgehead atoms. The third-order valence-corrected chi connectivity index (χ3v) is 3.33. The highest BCUT2D eigenvalue weighted by molar-refractivity contribution is 5.52. The molecule has 1 aliphatic heterocycles. The smallest absolute Gasteiger partial charge is 0.247 e. The van der Waals surface area contributed by atoms with Crippen molar-refractivity contribution in [1.29, 1.82) is 0 Å². The SMILES string of the molecule is CCc1cc(-n2nnnc2NC)c(OC2COC2)cc1F. The summed E-state index contributed by atoms with van der Waals surface area (Å²) in [7, 11) is 1.72. The van der Waals surface area contributed by atoms with E-state index in [1.165, 1.54) is 10.7 Å². The molecular formula is C13H16FN5O2. The van der Waals surface area contributed by atoms with Crippen LogP contribution in [0.25, 0.3) is 5.69 Å². The van der Waals surface area contributed by atoms with E-state index in [1.807, 2.05) is 6.92 Å². The summed E-state index contributed by atoms with van der Waals surface area (Å²) in [5, 5.41) is 14.3. The summed E-state index contributed by atoms with van der Waals surface area (Å²) in [4.78, 5) is 0. The zero-order valence-corrected chi connectivity index (χ0v) is 11.8. The van der Waals surface area contributed by atoms with Crippen LogP contribution in [0, 0.1) is 5.82 Å². The van der Waals surface area contributed by atoms with Crippen molar-refractivity contribution >= 4 is 5.95 Å². The lowest BCUT2D eigenvalue weighted by atomic mass is 10.1.